The zero-order chi connectivity index (χ0) is 23.3. The van der Waals surface area contributed by atoms with Crippen LogP contribution in [-0.2, 0) is 5.41 Å². The van der Waals surface area contributed by atoms with Gasteiger partial charge in [0, 0.05) is 44.8 Å². The van der Waals surface area contributed by atoms with Gasteiger partial charge in [0.2, 0.25) is 0 Å². The number of hydrogen-bond donors (Lipinski definition) is 0. The molecule has 0 radical (unpaired) electrons. The summed E-state index contributed by atoms with van der Waals surface area (Å²) in [5, 5.41) is 0. The van der Waals surface area contributed by atoms with E-state index in [0.29, 0.717) is 18.7 Å². The minimum absolute atomic E-state index is 0.0352. The summed E-state index contributed by atoms with van der Waals surface area (Å²) in [7, 11) is 1.68. The van der Waals surface area contributed by atoms with E-state index in [4.69, 9.17) is 14.7 Å². The van der Waals surface area contributed by atoms with Crippen molar-refractivity contribution in [3.63, 3.8) is 0 Å². The molecule has 1 saturated heterocycles. The van der Waals surface area contributed by atoms with Gasteiger partial charge < -0.3 is 14.5 Å². The van der Waals surface area contributed by atoms with Crippen LogP contribution in [0.3, 0.4) is 0 Å². The number of pyridine rings is 1. The van der Waals surface area contributed by atoms with Crippen molar-refractivity contribution >= 4 is 11.7 Å². The standard InChI is InChI=1S/C26H31N5O2/c1-4-30(5-2)24(32)20-18-28-25(29-19-20)26(21-9-8-10-22(17-21)33-3)12-15-31(16-13-26)23-11-6-7-14-27-23/h6-11,14,17-19H,4-5,12-13,15-16H2,1-3H3. The molecule has 0 aliphatic carbocycles. The fourth-order valence-electron chi connectivity index (χ4n) is 4.60. The number of anilines is 1. The lowest BCUT2D eigenvalue weighted by atomic mass is 9.72. The van der Waals surface area contributed by atoms with Gasteiger partial charge in [-0.15, -0.1) is 0 Å². The molecular formula is C26H31N5O2. The lowest BCUT2D eigenvalue weighted by Gasteiger charge is -2.41. The van der Waals surface area contributed by atoms with Gasteiger partial charge >= 0.3 is 0 Å². The summed E-state index contributed by atoms with van der Waals surface area (Å²) in [5.74, 6) is 2.50. The fraction of sp³-hybridized carbons (Fsp3) is 0.385. The van der Waals surface area contributed by atoms with Gasteiger partial charge in [-0.25, -0.2) is 15.0 Å². The summed E-state index contributed by atoms with van der Waals surface area (Å²) in [6.45, 7) is 6.94. The highest BCUT2D eigenvalue weighted by Crippen LogP contribution is 2.41. The number of carbonyl (C=O) groups is 1. The van der Waals surface area contributed by atoms with Crippen molar-refractivity contribution in [2.75, 3.05) is 38.2 Å². The van der Waals surface area contributed by atoms with E-state index in [0.717, 1.165) is 48.9 Å². The Kier molecular flexibility index (Phi) is 6.87. The average molecular weight is 446 g/mol. The van der Waals surface area contributed by atoms with Crippen LogP contribution in [0.4, 0.5) is 5.82 Å². The molecule has 1 aliphatic heterocycles. The number of aromatic nitrogens is 3. The van der Waals surface area contributed by atoms with Gasteiger partial charge in [0.05, 0.1) is 18.1 Å². The number of amides is 1. The molecule has 0 saturated carbocycles. The van der Waals surface area contributed by atoms with Crippen LogP contribution < -0.4 is 9.64 Å². The molecule has 7 heteroatoms. The van der Waals surface area contributed by atoms with Crippen LogP contribution in [0.5, 0.6) is 5.75 Å². The summed E-state index contributed by atoms with van der Waals surface area (Å²) in [6, 6.07) is 14.2. The van der Waals surface area contributed by atoms with Crippen LogP contribution in [0.15, 0.2) is 61.1 Å². The lowest BCUT2D eigenvalue weighted by Crippen LogP contribution is -2.44. The first kappa shape index (κ1) is 22.7. The van der Waals surface area contributed by atoms with Gasteiger partial charge in [0.1, 0.15) is 17.4 Å². The first-order valence-electron chi connectivity index (χ1n) is 11.5. The van der Waals surface area contributed by atoms with Crippen LogP contribution in [0, 0.1) is 0 Å². The molecule has 0 spiro atoms. The minimum atomic E-state index is -0.364. The predicted molar refractivity (Wildman–Crippen MR) is 129 cm³/mol. The van der Waals surface area contributed by atoms with Gasteiger partial charge in [-0.05, 0) is 56.5 Å². The Labute approximate surface area is 195 Å². The summed E-state index contributed by atoms with van der Waals surface area (Å²) in [4.78, 5) is 30.8. The molecule has 4 rings (SSSR count). The zero-order valence-electron chi connectivity index (χ0n) is 19.6. The van der Waals surface area contributed by atoms with Crippen molar-refractivity contribution in [2.24, 2.45) is 0 Å². The second kappa shape index (κ2) is 9.98. The molecular weight excluding hydrogens is 414 g/mol. The number of piperidine rings is 1. The first-order chi connectivity index (χ1) is 16.1. The number of rotatable bonds is 7. The predicted octanol–water partition coefficient (Wildman–Crippen LogP) is 3.95. The number of nitrogens with zero attached hydrogens (tertiary/aromatic N) is 5. The maximum atomic E-state index is 12.7. The van der Waals surface area contributed by atoms with E-state index in [1.165, 1.54) is 0 Å². The van der Waals surface area contributed by atoms with Crippen molar-refractivity contribution in [3.8, 4) is 5.75 Å². The second-order valence-corrected chi connectivity index (χ2v) is 8.26. The monoisotopic (exact) mass is 445 g/mol. The Hall–Kier alpha value is -3.48. The van der Waals surface area contributed by atoms with Crippen LogP contribution >= 0.6 is 0 Å². The highest BCUT2D eigenvalue weighted by molar-refractivity contribution is 5.93. The van der Waals surface area contributed by atoms with E-state index in [1.54, 1.807) is 24.4 Å². The number of benzene rings is 1. The van der Waals surface area contributed by atoms with E-state index in [1.807, 2.05) is 50.4 Å². The van der Waals surface area contributed by atoms with Crippen LogP contribution in [-0.4, -0.2) is 59.0 Å². The van der Waals surface area contributed by atoms with E-state index in [9.17, 15) is 4.79 Å². The van der Waals surface area contributed by atoms with Crippen molar-refractivity contribution in [1.82, 2.24) is 19.9 Å². The maximum absolute atomic E-state index is 12.7. The smallest absolute Gasteiger partial charge is 0.256 e. The molecule has 2 aromatic heterocycles. The molecule has 0 atom stereocenters. The van der Waals surface area contributed by atoms with E-state index < -0.39 is 0 Å². The van der Waals surface area contributed by atoms with Gasteiger partial charge in [0.25, 0.3) is 5.91 Å². The van der Waals surface area contributed by atoms with Crippen molar-refractivity contribution < 1.29 is 9.53 Å². The van der Waals surface area contributed by atoms with Gasteiger partial charge in [0.15, 0.2) is 0 Å². The third kappa shape index (κ3) is 4.53. The fourth-order valence-corrected chi connectivity index (χ4v) is 4.60. The third-order valence-corrected chi connectivity index (χ3v) is 6.59. The zero-order valence-corrected chi connectivity index (χ0v) is 19.6. The Morgan fingerprint density at radius 2 is 1.76 bits per heavy atom. The van der Waals surface area contributed by atoms with E-state index in [-0.39, 0.29) is 11.3 Å². The molecule has 7 nitrogen and oxygen atoms in total. The lowest BCUT2D eigenvalue weighted by molar-refractivity contribution is 0.0772. The van der Waals surface area contributed by atoms with Crippen LogP contribution in [0.25, 0.3) is 0 Å². The largest absolute Gasteiger partial charge is 0.497 e. The summed E-state index contributed by atoms with van der Waals surface area (Å²) in [6.07, 6.45) is 6.85. The second-order valence-electron chi connectivity index (χ2n) is 8.26. The van der Waals surface area contributed by atoms with Crippen molar-refractivity contribution in [3.05, 3.63) is 78.0 Å². The van der Waals surface area contributed by atoms with Gasteiger partial charge in [-0.2, -0.15) is 0 Å². The van der Waals surface area contributed by atoms with E-state index in [2.05, 4.69) is 22.0 Å². The summed E-state index contributed by atoms with van der Waals surface area (Å²) < 4.78 is 5.51. The summed E-state index contributed by atoms with van der Waals surface area (Å²) in [5.41, 5.74) is 1.29. The van der Waals surface area contributed by atoms with Gasteiger partial charge in [-0.1, -0.05) is 18.2 Å². The van der Waals surface area contributed by atoms with Crippen LogP contribution in [0.1, 0.15) is 48.4 Å². The Bertz CT molecular complexity index is 1060. The van der Waals surface area contributed by atoms with Crippen molar-refractivity contribution in [1.29, 1.82) is 0 Å². The minimum Gasteiger partial charge on any atom is -0.497 e. The molecule has 0 bridgehead atoms. The highest BCUT2D eigenvalue weighted by atomic mass is 16.5. The number of ether oxygens (including phenoxy) is 1. The average Bonchev–Trinajstić information content (AvgIpc) is 2.90. The molecule has 1 fully saturated rings. The first-order valence-corrected chi connectivity index (χ1v) is 11.5. The Morgan fingerprint density at radius 1 is 1.03 bits per heavy atom. The number of methoxy groups -OCH3 is 1. The molecule has 1 amide bonds. The SMILES string of the molecule is CCN(CC)C(=O)c1cnc(C2(c3cccc(OC)c3)CCN(c3ccccn3)CC2)nc1. The molecule has 0 unspecified atom stereocenters. The summed E-state index contributed by atoms with van der Waals surface area (Å²) >= 11 is 0. The molecule has 33 heavy (non-hydrogen) atoms. The van der Waals surface area contributed by atoms with Crippen LogP contribution in [0.2, 0.25) is 0 Å². The topological polar surface area (TPSA) is 71.5 Å². The van der Waals surface area contributed by atoms with Crippen molar-refractivity contribution in [2.45, 2.75) is 32.1 Å². The highest BCUT2D eigenvalue weighted by Gasteiger charge is 2.41. The molecule has 1 aromatic carbocycles. The quantitative estimate of drug-likeness (QED) is 0.548. The molecule has 172 valence electrons. The number of hydrogen-bond acceptors (Lipinski definition) is 6. The maximum Gasteiger partial charge on any atom is 0.256 e. The third-order valence-electron chi connectivity index (χ3n) is 6.59. The number of carbonyl (C=O) groups excluding carboxylic acids is 1. The van der Waals surface area contributed by atoms with E-state index >= 15 is 0 Å². The van der Waals surface area contributed by atoms with Gasteiger partial charge in [-0.3, -0.25) is 4.79 Å². The normalized spacial score (nSPS) is 15.2. The molecule has 0 N–H and O–H groups in total. The Balaban J connectivity index is 1.68. The molecule has 1 aliphatic rings. The molecule has 3 aromatic rings. The Morgan fingerprint density at radius 3 is 2.36 bits per heavy atom. The molecule has 3 heterocycles.